The topological polar surface area (TPSA) is 69.2 Å². The number of nitrogens with one attached hydrogen (secondary N) is 1. The summed E-state index contributed by atoms with van der Waals surface area (Å²) in [5.41, 5.74) is 0. The molecule has 0 spiro atoms. The lowest BCUT2D eigenvalue weighted by Gasteiger charge is -2.07. The van der Waals surface area contributed by atoms with Gasteiger partial charge in [0.2, 0.25) is 11.1 Å². The van der Waals surface area contributed by atoms with Gasteiger partial charge in [0.1, 0.15) is 5.75 Å². The summed E-state index contributed by atoms with van der Waals surface area (Å²) in [6.07, 6.45) is 0.995. The van der Waals surface area contributed by atoms with Crippen LogP contribution in [0.4, 0.5) is 5.95 Å². The van der Waals surface area contributed by atoms with Crippen molar-refractivity contribution in [2.75, 3.05) is 26.1 Å². The van der Waals surface area contributed by atoms with Gasteiger partial charge in [0.05, 0.1) is 14.2 Å². The lowest BCUT2D eigenvalue weighted by Crippen LogP contribution is -2.07. The number of methoxy groups -OCH3 is 2. The Bertz CT molecular complexity index is 578. The lowest BCUT2D eigenvalue weighted by molar-refractivity contribution is 0.373. The quantitative estimate of drug-likeness (QED) is 0.843. The first-order valence-electron chi connectivity index (χ1n) is 6.61. The summed E-state index contributed by atoms with van der Waals surface area (Å²) in [7, 11) is 3.19. The van der Waals surface area contributed by atoms with Crippen LogP contribution in [0.25, 0.3) is 0 Å². The molecule has 0 bridgehead atoms. The van der Waals surface area contributed by atoms with E-state index in [0.717, 1.165) is 23.6 Å². The fourth-order valence-electron chi connectivity index (χ4n) is 1.54. The largest absolute Gasteiger partial charge is 0.497 e. The van der Waals surface area contributed by atoms with E-state index in [9.17, 15) is 0 Å². The van der Waals surface area contributed by atoms with Gasteiger partial charge in [-0.1, -0.05) is 6.92 Å². The zero-order valence-electron chi connectivity index (χ0n) is 12.3. The highest BCUT2D eigenvalue weighted by atomic mass is 32.2. The summed E-state index contributed by atoms with van der Waals surface area (Å²) in [6.45, 7) is 2.89. The highest BCUT2D eigenvalue weighted by molar-refractivity contribution is 7.99. The Kier molecular flexibility index (Phi) is 5.62. The SMILES string of the molecule is CCCNc1nc(OC)nc(Sc2ccc(OC)cc2)n1. The van der Waals surface area contributed by atoms with Gasteiger partial charge in [-0.3, -0.25) is 0 Å². The van der Waals surface area contributed by atoms with Gasteiger partial charge in [0, 0.05) is 11.4 Å². The third kappa shape index (κ3) is 4.49. The molecule has 1 aromatic heterocycles. The number of rotatable bonds is 7. The van der Waals surface area contributed by atoms with Gasteiger partial charge in [-0.2, -0.15) is 15.0 Å². The van der Waals surface area contributed by atoms with Crippen molar-refractivity contribution < 1.29 is 9.47 Å². The van der Waals surface area contributed by atoms with Crippen molar-refractivity contribution >= 4 is 17.7 Å². The molecule has 2 rings (SSSR count). The molecule has 0 aliphatic rings. The van der Waals surface area contributed by atoms with Gasteiger partial charge in [-0.05, 0) is 42.4 Å². The number of hydrogen-bond acceptors (Lipinski definition) is 7. The molecule has 1 heterocycles. The molecular weight excluding hydrogens is 288 g/mol. The van der Waals surface area contributed by atoms with E-state index in [1.807, 2.05) is 24.3 Å². The number of hydrogen-bond donors (Lipinski definition) is 1. The Balaban J connectivity index is 2.16. The second-order valence-corrected chi connectivity index (χ2v) is 5.17. The van der Waals surface area contributed by atoms with Crippen molar-refractivity contribution in [3.05, 3.63) is 24.3 Å². The van der Waals surface area contributed by atoms with Gasteiger partial charge < -0.3 is 14.8 Å². The van der Waals surface area contributed by atoms with Crippen LogP contribution in [0.15, 0.2) is 34.3 Å². The Labute approximate surface area is 128 Å². The monoisotopic (exact) mass is 306 g/mol. The van der Waals surface area contributed by atoms with Crippen molar-refractivity contribution in [2.24, 2.45) is 0 Å². The summed E-state index contributed by atoms with van der Waals surface area (Å²) in [5, 5.41) is 3.73. The van der Waals surface area contributed by atoms with Crippen LogP contribution >= 0.6 is 11.8 Å². The van der Waals surface area contributed by atoms with Crippen molar-refractivity contribution in [1.29, 1.82) is 0 Å². The molecule has 112 valence electrons. The number of aromatic nitrogens is 3. The fourth-order valence-corrected chi connectivity index (χ4v) is 2.28. The number of benzene rings is 1. The molecule has 0 aliphatic carbocycles. The molecule has 7 heteroatoms. The number of nitrogens with zero attached hydrogens (tertiary/aromatic N) is 3. The van der Waals surface area contributed by atoms with Crippen LogP contribution in [0.5, 0.6) is 11.8 Å². The predicted octanol–water partition coefficient (Wildman–Crippen LogP) is 2.86. The maximum absolute atomic E-state index is 5.14. The molecule has 0 radical (unpaired) electrons. The Morgan fingerprint density at radius 1 is 1.05 bits per heavy atom. The summed E-state index contributed by atoms with van der Waals surface area (Å²) in [4.78, 5) is 13.8. The van der Waals surface area contributed by atoms with Crippen LogP contribution in [0, 0.1) is 0 Å². The van der Waals surface area contributed by atoms with Crippen molar-refractivity contribution in [3.8, 4) is 11.8 Å². The minimum absolute atomic E-state index is 0.305. The molecule has 2 aromatic rings. The van der Waals surface area contributed by atoms with E-state index in [1.165, 1.54) is 11.8 Å². The van der Waals surface area contributed by atoms with Crippen LogP contribution in [-0.4, -0.2) is 35.7 Å². The van der Waals surface area contributed by atoms with Gasteiger partial charge in [0.15, 0.2) is 0 Å². The summed E-state index contributed by atoms with van der Waals surface area (Å²) in [5.74, 6) is 1.34. The average molecular weight is 306 g/mol. The molecule has 0 saturated carbocycles. The minimum atomic E-state index is 0.305. The van der Waals surface area contributed by atoms with E-state index in [4.69, 9.17) is 9.47 Å². The molecule has 0 aliphatic heterocycles. The van der Waals surface area contributed by atoms with E-state index in [1.54, 1.807) is 14.2 Å². The van der Waals surface area contributed by atoms with Crippen LogP contribution in [0.3, 0.4) is 0 Å². The van der Waals surface area contributed by atoms with Gasteiger partial charge in [-0.25, -0.2) is 0 Å². The second-order valence-electron chi connectivity index (χ2n) is 4.13. The Hall–Kier alpha value is -2.02. The first kappa shape index (κ1) is 15.4. The predicted molar refractivity (Wildman–Crippen MR) is 82.3 cm³/mol. The third-order valence-corrected chi connectivity index (χ3v) is 3.45. The van der Waals surface area contributed by atoms with E-state index >= 15 is 0 Å². The standard InChI is InChI=1S/C14H18N4O2S/c1-4-9-15-12-16-13(20-3)18-14(17-12)21-11-7-5-10(19-2)6-8-11/h5-8H,4,9H2,1-3H3,(H,15,16,17,18). The van der Waals surface area contributed by atoms with Crippen LogP contribution in [0.2, 0.25) is 0 Å². The van der Waals surface area contributed by atoms with E-state index in [2.05, 4.69) is 27.2 Å². The third-order valence-electron chi connectivity index (χ3n) is 2.58. The van der Waals surface area contributed by atoms with E-state index in [0.29, 0.717) is 17.1 Å². The first-order chi connectivity index (χ1) is 10.2. The first-order valence-corrected chi connectivity index (χ1v) is 7.42. The van der Waals surface area contributed by atoms with Gasteiger partial charge in [-0.15, -0.1) is 0 Å². The highest BCUT2D eigenvalue weighted by Gasteiger charge is 2.08. The number of anilines is 1. The fraction of sp³-hybridized carbons (Fsp3) is 0.357. The zero-order valence-corrected chi connectivity index (χ0v) is 13.1. The van der Waals surface area contributed by atoms with Crippen LogP contribution in [-0.2, 0) is 0 Å². The van der Waals surface area contributed by atoms with Crippen LogP contribution in [0.1, 0.15) is 13.3 Å². The molecule has 0 amide bonds. The average Bonchev–Trinajstić information content (AvgIpc) is 2.53. The van der Waals surface area contributed by atoms with Crippen molar-refractivity contribution in [2.45, 2.75) is 23.4 Å². The second kappa shape index (κ2) is 7.68. The minimum Gasteiger partial charge on any atom is -0.497 e. The summed E-state index contributed by atoms with van der Waals surface area (Å²) >= 11 is 1.45. The van der Waals surface area contributed by atoms with Crippen LogP contribution < -0.4 is 14.8 Å². The molecule has 1 N–H and O–H groups in total. The van der Waals surface area contributed by atoms with E-state index in [-0.39, 0.29) is 0 Å². The van der Waals surface area contributed by atoms with E-state index < -0.39 is 0 Å². The lowest BCUT2D eigenvalue weighted by atomic mass is 10.3. The highest BCUT2D eigenvalue weighted by Crippen LogP contribution is 2.27. The number of ether oxygens (including phenoxy) is 2. The molecular formula is C14H18N4O2S. The molecule has 6 nitrogen and oxygen atoms in total. The molecule has 0 saturated heterocycles. The van der Waals surface area contributed by atoms with Crippen molar-refractivity contribution in [1.82, 2.24) is 15.0 Å². The molecule has 0 unspecified atom stereocenters. The maximum atomic E-state index is 5.14. The molecule has 0 atom stereocenters. The normalized spacial score (nSPS) is 10.2. The molecule has 21 heavy (non-hydrogen) atoms. The maximum Gasteiger partial charge on any atom is 0.321 e. The smallest absolute Gasteiger partial charge is 0.321 e. The molecule has 0 fully saturated rings. The summed E-state index contributed by atoms with van der Waals surface area (Å²) in [6, 6.07) is 8.02. The van der Waals surface area contributed by atoms with Crippen molar-refractivity contribution in [3.63, 3.8) is 0 Å². The molecule has 1 aromatic carbocycles. The Morgan fingerprint density at radius 3 is 2.43 bits per heavy atom. The van der Waals surface area contributed by atoms with Gasteiger partial charge >= 0.3 is 6.01 Å². The van der Waals surface area contributed by atoms with Gasteiger partial charge in [0.25, 0.3) is 0 Å². The zero-order chi connectivity index (χ0) is 15.1. The summed E-state index contributed by atoms with van der Waals surface area (Å²) < 4.78 is 10.3. The Morgan fingerprint density at radius 2 is 1.81 bits per heavy atom.